The first-order valence-electron chi connectivity index (χ1n) is 5.78. The summed E-state index contributed by atoms with van der Waals surface area (Å²) in [6.45, 7) is 0.358. The van der Waals surface area contributed by atoms with Crippen LogP contribution in [0.5, 0.6) is 0 Å². The van der Waals surface area contributed by atoms with E-state index in [2.05, 4.69) is 26.2 Å². The number of amides is 1. The van der Waals surface area contributed by atoms with Gasteiger partial charge in [-0.3, -0.25) is 4.79 Å². The molecular formula is C14H11BrN4O. The van der Waals surface area contributed by atoms with Crippen LogP contribution in [0.4, 0.5) is 5.82 Å². The van der Waals surface area contributed by atoms with E-state index in [1.165, 1.54) is 6.20 Å². The van der Waals surface area contributed by atoms with Crippen LogP contribution in [-0.2, 0) is 6.54 Å². The zero-order valence-corrected chi connectivity index (χ0v) is 12.0. The lowest BCUT2D eigenvalue weighted by Crippen LogP contribution is -2.24. The summed E-state index contributed by atoms with van der Waals surface area (Å²) in [6.07, 6.45) is 1.53. The summed E-state index contributed by atoms with van der Waals surface area (Å²) in [5.41, 5.74) is 7.48. The molecule has 20 heavy (non-hydrogen) atoms. The van der Waals surface area contributed by atoms with E-state index >= 15 is 0 Å². The second-order valence-electron chi connectivity index (χ2n) is 4.08. The molecule has 0 aliphatic carbocycles. The summed E-state index contributed by atoms with van der Waals surface area (Å²) in [5.74, 6) is -0.105. The predicted octanol–water partition coefficient (Wildman–Crippen LogP) is 2.23. The van der Waals surface area contributed by atoms with Gasteiger partial charge in [-0.05, 0) is 39.7 Å². The summed E-state index contributed by atoms with van der Waals surface area (Å²) in [6, 6.07) is 10.7. The lowest BCUT2D eigenvalue weighted by atomic mass is 10.1. The summed E-state index contributed by atoms with van der Waals surface area (Å²) in [5, 5.41) is 11.5. The van der Waals surface area contributed by atoms with Crippen molar-refractivity contribution in [2.75, 3.05) is 5.73 Å². The smallest absolute Gasteiger partial charge is 0.255 e. The Hall–Kier alpha value is -2.39. The molecule has 2 aromatic rings. The second-order valence-corrected chi connectivity index (χ2v) is 4.99. The molecule has 0 aliphatic heterocycles. The van der Waals surface area contributed by atoms with E-state index in [1.54, 1.807) is 30.3 Å². The summed E-state index contributed by atoms with van der Waals surface area (Å²) >= 11 is 3.25. The Bertz CT molecular complexity index is 677. The summed E-state index contributed by atoms with van der Waals surface area (Å²) in [7, 11) is 0. The topological polar surface area (TPSA) is 91.8 Å². The number of anilines is 1. The second kappa shape index (κ2) is 6.17. The monoisotopic (exact) mass is 330 g/mol. The highest BCUT2D eigenvalue weighted by Crippen LogP contribution is 2.15. The summed E-state index contributed by atoms with van der Waals surface area (Å²) in [4.78, 5) is 15.9. The lowest BCUT2D eigenvalue weighted by Gasteiger charge is -2.07. The van der Waals surface area contributed by atoms with Crippen molar-refractivity contribution in [2.24, 2.45) is 0 Å². The molecular weight excluding hydrogens is 320 g/mol. The molecule has 0 bridgehead atoms. The third-order valence-corrected chi connectivity index (χ3v) is 3.10. The van der Waals surface area contributed by atoms with E-state index in [0.29, 0.717) is 22.1 Å². The van der Waals surface area contributed by atoms with E-state index in [0.717, 1.165) is 5.56 Å². The van der Waals surface area contributed by atoms with Crippen molar-refractivity contribution >= 4 is 27.7 Å². The molecule has 0 atom stereocenters. The number of hydrogen-bond acceptors (Lipinski definition) is 4. The average molecular weight is 331 g/mol. The minimum atomic E-state index is -0.291. The number of aromatic nitrogens is 1. The van der Waals surface area contributed by atoms with E-state index in [1.807, 2.05) is 6.07 Å². The van der Waals surface area contributed by atoms with Gasteiger partial charge in [0.2, 0.25) is 0 Å². The van der Waals surface area contributed by atoms with Gasteiger partial charge in [-0.15, -0.1) is 0 Å². The molecule has 3 N–H and O–H groups in total. The van der Waals surface area contributed by atoms with Gasteiger partial charge < -0.3 is 11.1 Å². The van der Waals surface area contributed by atoms with Gasteiger partial charge in [0.1, 0.15) is 5.82 Å². The predicted molar refractivity (Wildman–Crippen MR) is 78.7 cm³/mol. The van der Waals surface area contributed by atoms with Crippen LogP contribution < -0.4 is 11.1 Å². The van der Waals surface area contributed by atoms with Crippen LogP contribution in [0.2, 0.25) is 0 Å². The highest BCUT2D eigenvalue weighted by molar-refractivity contribution is 9.10. The molecule has 5 nitrogen and oxygen atoms in total. The maximum absolute atomic E-state index is 12.0. The molecule has 1 amide bonds. The fraction of sp³-hybridized carbons (Fsp3) is 0.0714. The lowest BCUT2D eigenvalue weighted by molar-refractivity contribution is 0.0951. The number of nitrogens with zero attached hydrogens (tertiary/aromatic N) is 2. The van der Waals surface area contributed by atoms with Crippen LogP contribution in [0.3, 0.4) is 0 Å². The van der Waals surface area contributed by atoms with E-state index in [-0.39, 0.29) is 11.7 Å². The first-order valence-corrected chi connectivity index (χ1v) is 6.57. The van der Waals surface area contributed by atoms with Crippen LogP contribution in [0.1, 0.15) is 21.5 Å². The van der Waals surface area contributed by atoms with E-state index < -0.39 is 0 Å². The minimum Gasteiger partial charge on any atom is -0.383 e. The van der Waals surface area contributed by atoms with Gasteiger partial charge in [-0.1, -0.05) is 12.1 Å². The third kappa shape index (κ3) is 3.33. The number of benzene rings is 1. The van der Waals surface area contributed by atoms with Gasteiger partial charge in [-0.2, -0.15) is 5.26 Å². The zero-order chi connectivity index (χ0) is 14.5. The number of nitrogen functional groups attached to an aromatic ring is 1. The standard InChI is InChI=1S/C14H11BrN4O/c15-11-5-12(13(17)18-8-11)14(20)19-7-10-3-1-9(6-16)2-4-10/h1-5,8H,7H2,(H2,17,18)(H,19,20). The zero-order valence-electron chi connectivity index (χ0n) is 10.4. The van der Waals surface area contributed by atoms with E-state index in [9.17, 15) is 4.79 Å². The van der Waals surface area contributed by atoms with Crippen molar-refractivity contribution in [3.05, 3.63) is 57.7 Å². The first kappa shape index (κ1) is 14.0. The van der Waals surface area contributed by atoms with Crippen LogP contribution in [0, 0.1) is 11.3 Å². The number of nitriles is 1. The fourth-order valence-electron chi connectivity index (χ4n) is 1.61. The fourth-order valence-corrected chi connectivity index (χ4v) is 1.94. The van der Waals surface area contributed by atoms with Crippen molar-refractivity contribution in [2.45, 2.75) is 6.54 Å². The van der Waals surface area contributed by atoms with E-state index in [4.69, 9.17) is 11.0 Å². The Balaban J connectivity index is 2.04. The van der Waals surface area contributed by atoms with Crippen LogP contribution in [0.25, 0.3) is 0 Å². The van der Waals surface area contributed by atoms with Gasteiger partial charge in [0.25, 0.3) is 5.91 Å². The van der Waals surface area contributed by atoms with Crippen LogP contribution in [-0.4, -0.2) is 10.9 Å². The van der Waals surface area contributed by atoms with Crippen LogP contribution >= 0.6 is 15.9 Å². The average Bonchev–Trinajstić information content (AvgIpc) is 2.47. The molecule has 0 aliphatic rings. The maximum atomic E-state index is 12.0. The Morgan fingerprint density at radius 3 is 2.75 bits per heavy atom. The maximum Gasteiger partial charge on any atom is 0.255 e. The molecule has 0 saturated carbocycles. The van der Waals surface area contributed by atoms with Crippen molar-refractivity contribution < 1.29 is 4.79 Å². The van der Waals surface area contributed by atoms with Crippen molar-refractivity contribution in [1.82, 2.24) is 10.3 Å². The Kier molecular flexibility index (Phi) is 4.33. The highest BCUT2D eigenvalue weighted by Gasteiger charge is 2.11. The first-order chi connectivity index (χ1) is 9.60. The molecule has 100 valence electrons. The van der Waals surface area contributed by atoms with Gasteiger partial charge in [0.15, 0.2) is 0 Å². The molecule has 2 rings (SSSR count). The number of carbonyl (C=O) groups excluding carboxylic acids is 1. The molecule has 6 heteroatoms. The van der Waals surface area contributed by atoms with Crippen molar-refractivity contribution in [3.8, 4) is 6.07 Å². The minimum absolute atomic E-state index is 0.186. The third-order valence-electron chi connectivity index (χ3n) is 2.67. The molecule has 0 saturated heterocycles. The molecule has 0 unspecified atom stereocenters. The summed E-state index contributed by atoms with van der Waals surface area (Å²) < 4.78 is 0.690. The van der Waals surface area contributed by atoms with Crippen LogP contribution in [0.15, 0.2) is 41.0 Å². The number of halogens is 1. The molecule has 0 radical (unpaired) electrons. The number of pyridine rings is 1. The van der Waals surface area contributed by atoms with Crippen molar-refractivity contribution in [1.29, 1.82) is 5.26 Å². The van der Waals surface area contributed by atoms with Gasteiger partial charge in [-0.25, -0.2) is 4.98 Å². The number of carbonyl (C=O) groups is 1. The van der Waals surface area contributed by atoms with Gasteiger partial charge in [0, 0.05) is 17.2 Å². The van der Waals surface area contributed by atoms with Gasteiger partial charge in [0.05, 0.1) is 17.2 Å². The molecule has 1 aromatic carbocycles. The normalized spacial score (nSPS) is 9.80. The quantitative estimate of drug-likeness (QED) is 0.902. The molecule has 1 heterocycles. The number of rotatable bonds is 3. The molecule has 0 spiro atoms. The Morgan fingerprint density at radius 1 is 1.40 bits per heavy atom. The Morgan fingerprint density at radius 2 is 2.10 bits per heavy atom. The number of hydrogen-bond donors (Lipinski definition) is 2. The number of nitrogens with two attached hydrogens (primary N) is 1. The van der Waals surface area contributed by atoms with Gasteiger partial charge >= 0.3 is 0 Å². The SMILES string of the molecule is N#Cc1ccc(CNC(=O)c2cc(Br)cnc2N)cc1. The largest absolute Gasteiger partial charge is 0.383 e. The molecule has 1 aromatic heterocycles. The highest BCUT2D eigenvalue weighted by atomic mass is 79.9. The molecule has 0 fully saturated rings. The number of nitrogens with one attached hydrogen (secondary N) is 1. The Labute approximate surface area is 124 Å². The van der Waals surface area contributed by atoms with Crippen molar-refractivity contribution in [3.63, 3.8) is 0 Å².